The molecule has 0 bridgehead atoms. The Hall–Kier alpha value is -2.39. The van der Waals surface area contributed by atoms with Crippen LogP contribution in [0.15, 0.2) is 53.4 Å². The van der Waals surface area contributed by atoms with Crippen LogP contribution in [0.3, 0.4) is 0 Å². The summed E-state index contributed by atoms with van der Waals surface area (Å²) in [7, 11) is -3.40. The van der Waals surface area contributed by atoms with Gasteiger partial charge in [-0.25, -0.2) is 12.8 Å². The number of benzene rings is 2. The van der Waals surface area contributed by atoms with Gasteiger partial charge in [-0.3, -0.25) is 0 Å². The Morgan fingerprint density at radius 3 is 2.48 bits per heavy atom. The van der Waals surface area contributed by atoms with Gasteiger partial charge in [0, 0.05) is 6.54 Å². The minimum atomic E-state index is -3.40. The van der Waals surface area contributed by atoms with Crippen LogP contribution < -0.4 is 5.32 Å². The van der Waals surface area contributed by atoms with Crippen molar-refractivity contribution in [1.29, 1.82) is 5.26 Å². The second-order valence-corrected chi connectivity index (χ2v) is 6.44. The van der Waals surface area contributed by atoms with Crippen LogP contribution in [-0.4, -0.2) is 20.7 Å². The number of nitriles is 1. The van der Waals surface area contributed by atoms with E-state index in [1.54, 1.807) is 24.3 Å². The summed E-state index contributed by atoms with van der Waals surface area (Å²) in [4.78, 5) is 0.242. The zero-order valence-electron chi connectivity index (χ0n) is 11.1. The normalized spacial score (nSPS) is 10.9. The van der Waals surface area contributed by atoms with Crippen molar-refractivity contribution in [2.75, 3.05) is 17.6 Å². The molecule has 108 valence electrons. The van der Waals surface area contributed by atoms with E-state index in [2.05, 4.69) is 5.32 Å². The molecule has 0 heterocycles. The van der Waals surface area contributed by atoms with Gasteiger partial charge in [0.1, 0.15) is 17.4 Å². The third kappa shape index (κ3) is 3.58. The lowest BCUT2D eigenvalue weighted by atomic mass is 10.2. The van der Waals surface area contributed by atoms with Crippen molar-refractivity contribution >= 4 is 15.5 Å². The van der Waals surface area contributed by atoms with E-state index in [1.807, 2.05) is 0 Å². The third-order valence-corrected chi connectivity index (χ3v) is 4.65. The number of nitrogens with zero attached hydrogens (tertiary/aromatic N) is 1. The largest absolute Gasteiger partial charge is 0.383 e. The molecule has 0 aliphatic carbocycles. The lowest BCUT2D eigenvalue weighted by Crippen LogP contribution is -2.16. The molecule has 0 atom stereocenters. The van der Waals surface area contributed by atoms with Crippen LogP contribution in [0.1, 0.15) is 5.56 Å². The summed E-state index contributed by atoms with van der Waals surface area (Å²) < 4.78 is 37.5. The van der Waals surface area contributed by atoms with Gasteiger partial charge in [-0.2, -0.15) is 5.26 Å². The van der Waals surface area contributed by atoms with Crippen molar-refractivity contribution in [3.63, 3.8) is 0 Å². The van der Waals surface area contributed by atoms with Gasteiger partial charge in [-0.1, -0.05) is 24.3 Å². The van der Waals surface area contributed by atoms with E-state index in [-0.39, 0.29) is 22.8 Å². The maximum Gasteiger partial charge on any atom is 0.180 e. The van der Waals surface area contributed by atoms with Crippen molar-refractivity contribution in [2.45, 2.75) is 4.90 Å². The van der Waals surface area contributed by atoms with E-state index in [4.69, 9.17) is 5.26 Å². The monoisotopic (exact) mass is 304 g/mol. The van der Waals surface area contributed by atoms with Crippen molar-refractivity contribution in [3.05, 3.63) is 59.9 Å². The molecule has 0 fully saturated rings. The van der Waals surface area contributed by atoms with Gasteiger partial charge in [-0.15, -0.1) is 0 Å². The number of sulfone groups is 1. The molecule has 4 nitrogen and oxygen atoms in total. The van der Waals surface area contributed by atoms with E-state index in [9.17, 15) is 12.8 Å². The molecule has 0 radical (unpaired) electrons. The first-order chi connectivity index (χ1) is 10.0. The van der Waals surface area contributed by atoms with Gasteiger partial charge >= 0.3 is 0 Å². The summed E-state index contributed by atoms with van der Waals surface area (Å²) >= 11 is 0. The fourth-order valence-electron chi connectivity index (χ4n) is 1.85. The summed E-state index contributed by atoms with van der Waals surface area (Å²) in [6.45, 7) is 0.0926. The average molecular weight is 304 g/mol. The van der Waals surface area contributed by atoms with Gasteiger partial charge in [0.2, 0.25) is 0 Å². The maximum absolute atomic E-state index is 13.4. The highest BCUT2D eigenvalue weighted by atomic mass is 32.2. The molecule has 0 aromatic heterocycles. The maximum atomic E-state index is 13.4. The Bertz CT molecular complexity index is 768. The lowest BCUT2D eigenvalue weighted by molar-refractivity contribution is 0.596. The van der Waals surface area contributed by atoms with Gasteiger partial charge in [-0.05, 0) is 24.3 Å². The summed E-state index contributed by atoms with van der Waals surface area (Å²) in [5, 5.41) is 11.7. The van der Waals surface area contributed by atoms with Crippen LogP contribution in [0.4, 0.5) is 10.1 Å². The molecule has 0 saturated carbocycles. The van der Waals surface area contributed by atoms with E-state index < -0.39 is 15.7 Å². The Morgan fingerprint density at radius 1 is 1.10 bits per heavy atom. The Morgan fingerprint density at radius 2 is 1.81 bits per heavy atom. The van der Waals surface area contributed by atoms with Crippen LogP contribution in [0.2, 0.25) is 0 Å². The number of nitrogens with one attached hydrogen (secondary N) is 1. The highest BCUT2D eigenvalue weighted by Gasteiger charge is 2.14. The number of hydrogen-bond acceptors (Lipinski definition) is 4. The lowest BCUT2D eigenvalue weighted by Gasteiger charge is -2.09. The zero-order chi connectivity index (χ0) is 15.3. The van der Waals surface area contributed by atoms with Gasteiger partial charge < -0.3 is 5.32 Å². The van der Waals surface area contributed by atoms with Crippen molar-refractivity contribution in [1.82, 2.24) is 0 Å². The highest BCUT2D eigenvalue weighted by molar-refractivity contribution is 7.91. The molecule has 6 heteroatoms. The number of rotatable bonds is 5. The Labute approximate surface area is 122 Å². The van der Waals surface area contributed by atoms with Crippen LogP contribution >= 0.6 is 0 Å². The molecule has 2 rings (SSSR count). The fraction of sp³-hybridized carbons (Fsp3) is 0.133. The standard InChI is InChI=1S/C15H13FN2O2S/c16-14-7-4-8-15(13(14)11-17)18-9-10-21(19,20)12-5-2-1-3-6-12/h1-8,18H,9-10H2. The SMILES string of the molecule is N#Cc1c(F)cccc1NCCS(=O)(=O)c1ccccc1. The summed E-state index contributed by atoms with van der Waals surface area (Å²) in [6.07, 6.45) is 0. The molecule has 0 amide bonds. The number of halogens is 1. The van der Waals surface area contributed by atoms with Crippen molar-refractivity contribution in [3.8, 4) is 6.07 Å². The van der Waals surface area contributed by atoms with E-state index in [0.29, 0.717) is 5.69 Å². The molecular formula is C15H13FN2O2S. The molecule has 0 saturated heterocycles. The zero-order valence-corrected chi connectivity index (χ0v) is 11.9. The number of anilines is 1. The summed E-state index contributed by atoms with van der Waals surface area (Å²) in [6, 6.07) is 14.0. The first kappa shape index (κ1) is 15.0. The van der Waals surface area contributed by atoms with Crippen molar-refractivity contribution < 1.29 is 12.8 Å². The van der Waals surface area contributed by atoms with Gasteiger partial charge in [0.25, 0.3) is 0 Å². The first-order valence-corrected chi connectivity index (χ1v) is 7.90. The molecule has 1 N–H and O–H groups in total. The van der Waals surface area contributed by atoms with Crippen LogP contribution in [-0.2, 0) is 9.84 Å². The highest BCUT2D eigenvalue weighted by Crippen LogP contribution is 2.18. The second kappa shape index (κ2) is 6.37. The first-order valence-electron chi connectivity index (χ1n) is 6.25. The average Bonchev–Trinajstić information content (AvgIpc) is 2.48. The quantitative estimate of drug-likeness (QED) is 0.921. The fourth-order valence-corrected chi connectivity index (χ4v) is 3.03. The molecular weight excluding hydrogens is 291 g/mol. The predicted molar refractivity (Wildman–Crippen MR) is 78.1 cm³/mol. The summed E-state index contributed by atoms with van der Waals surface area (Å²) in [5.41, 5.74) is 0.176. The van der Waals surface area contributed by atoms with Crippen LogP contribution in [0.25, 0.3) is 0 Å². The molecule has 2 aromatic carbocycles. The van der Waals surface area contributed by atoms with Gasteiger partial charge in [0.15, 0.2) is 9.84 Å². The minimum absolute atomic E-state index is 0.0926. The summed E-state index contributed by atoms with van der Waals surface area (Å²) in [5.74, 6) is -0.772. The van der Waals surface area contributed by atoms with Crippen molar-refractivity contribution in [2.24, 2.45) is 0 Å². The Balaban J connectivity index is 2.06. The van der Waals surface area contributed by atoms with E-state index >= 15 is 0 Å². The van der Waals surface area contributed by atoms with E-state index in [1.165, 1.54) is 30.3 Å². The topological polar surface area (TPSA) is 70.0 Å². The minimum Gasteiger partial charge on any atom is -0.383 e. The molecule has 0 spiro atoms. The van der Waals surface area contributed by atoms with Crippen LogP contribution in [0.5, 0.6) is 0 Å². The third-order valence-electron chi connectivity index (χ3n) is 2.91. The molecule has 21 heavy (non-hydrogen) atoms. The second-order valence-electron chi connectivity index (χ2n) is 4.33. The molecule has 2 aromatic rings. The predicted octanol–water partition coefficient (Wildman–Crippen LogP) is 2.58. The molecule has 0 aliphatic heterocycles. The molecule has 0 unspecified atom stereocenters. The molecule has 0 aliphatic rings. The van der Waals surface area contributed by atoms with Gasteiger partial charge in [0.05, 0.1) is 16.3 Å². The number of hydrogen-bond donors (Lipinski definition) is 1. The van der Waals surface area contributed by atoms with Crippen LogP contribution in [0, 0.1) is 17.1 Å². The smallest absolute Gasteiger partial charge is 0.180 e. The Kier molecular flexibility index (Phi) is 4.55. The van der Waals surface area contributed by atoms with E-state index in [0.717, 1.165) is 0 Å².